The van der Waals surface area contributed by atoms with E-state index in [0.717, 1.165) is 12.1 Å². The van der Waals surface area contributed by atoms with Crippen molar-refractivity contribution >= 4 is 44.7 Å². The number of hydrazine groups is 1. The minimum absolute atomic E-state index is 0.00176. The number of hydrogen-bond acceptors (Lipinski definition) is 5. The molecule has 3 aliphatic rings. The van der Waals surface area contributed by atoms with Gasteiger partial charge in [-0.05, 0) is 24.6 Å². The molecule has 1 saturated heterocycles. The van der Waals surface area contributed by atoms with Crippen molar-refractivity contribution in [3.63, 3.8) is 0 Å². The summed E-state index contributed by atoms with van der Waals surface area (Å²) in [7, 11) is 3.64. The van der Waals surface area contributed by atoms with Crippen LogP contribution in [-0.2, 0) is 24.0 Å². The van der Waals surface area contributed by atoms with Gasteiger partial charge in [0.15, 0.2) is 4.88 Å². The van der Waals surface area contributed by atoms with Crippen molar-refractivity contribution < 1.29 is 4.79 Å². The Balaban J connectivity index is 1.73. The maximum absolute atomic E-state index is 13.4. The summed E-state index contributed by atoms with van der Waals surface area (Å²) in [6.45, 7) is 1.36. The van der Waals surface area contributed by atoms with Gasteiger partial charge in [-0.1, -0.05) is 29.8 Å². The van der Waals surface area contributed by atoms with Gasteiger partial charge in [0.25, 0.3) is 5.00 Å². The number of benzene rings is 1. The number of amides is 1. The van der Waals surface area contributed by atoms with Gasteiger partial charge in [-0.2, -0.15) is 0 Å². The highest BCUT2D eigenvalue weighted by molar-refractivity contribution is 7.34. The molecule has 2 aromatic rings. The third-order valence-electron chi connectivity index (χ3n) is 6.05. The molecule has 8 heteroatoms. The van der Waals surface area contributed by atoms with E-state index in [0.29, 0.717) is 18.2 Å². The molecule has 6 nitrogen and oxygen atoms in total. The molecule has 1 fully saturated rings. The Labute approximate surface area is 178 Å². The predicted octanol–water partition coefficient (Wildman–Crippen LogP) is 2.87. The lowest BCUT2D eigenvalue weighted by molar-refractivity contribution is -0.130. The number of halogens is 1. The molecule has 29 heavy (non-hydrogen) atoms. The number of hydrogen-bond donors (Lipinski definition) is 2. The Bertz CT molecular complexity index is 1020. The molecule has 0 radical (unpaired) electrons. The molecule has 3 heterocycles. The quantitative estimate of drug-likeness (QED) is 0.717. The van der Waals surface area contributed by atoms with Crippen molar-refractivity contribution in [2.45, 2.75) is 25.2 Å². The van der Waals surface area contributed by atoms with Crippen LogP contribution in [0.4, 0.5) is 10.7 Å². The van der Waals surface area contributed by atoms with Crippen molar-refractivity contribution in [3.8, 4) is 0 Å². The fourth-order valence-corrected chi connectivity index (χ4v) is 7.14. The third-order valence-corrected chi connectivity index (χ3v) is 8.47. The number of carbonyl (C=O) groups excluding carboxylic acids is 1. The van der Waals surface area contributed by atoms with E-state index in [1.165, 1.54) is 21.0 Å². The van der Waals surface area contributed by atoms with E-state index >= 15 is 0 Å². The standard InChI is InChI=1S/C21H25ClN5OS/c1-25(2)20(28)18-19-24-23-12-27(19)21-14(13-7-6-10-17(13)29(21)3)11-26(18)16-9-5-4-8-15(16)22/h4-6,8-10,18-19,23-24H,7,11-12H2,1-3H3/q+1. The minimum atomic E-state index is -0.402. The first-order valence-electron chi connectivity index (χ1n) is 9.75. The average molecular weight is 431 g/mol. The zero-order chi connectivity index (χ0) is 20.3. The first-order valence-corrected chi connectivity index (χ1v) is 11.8. The Morgan fingerprint density at radius 2 is 2.03 bits per heavy atom. The number of para-hydroxylation sites is 1. The summed E-state index contributed by atoms with van der Waals surface area (Å²) >= 11 is 6.63. The van der Waals surface area contributed by atoms with Crippen LogP contribution in [0.25, 0.3) is 6.08 Å². The predicted molar refractivity (Wildman–Crippen MR) is 120 cm³/mol. The average Bonchev–Trinajstić information content (AvgIpc) is 3.39. The second-order valence-electron chi connectivity index (χ2n) is 7.89. The zero-order valence-corrected chi connectivity index (χ0v) is 18.3. The fourth-order valence-electron chi connectivity index (χ4n) is 4.72. The second kappa shape index (κ2) is 7.02. The first kappa shape index (κ1) is 18.9. The number of nitrogens with one attached hydrogen (secondary N) is 2. The fraction of sp³-hybridized carbons (Fsp3) is 0.381. The maximum Gasteiger partial charge on any atom is 0.251 e. The molecular weight excluding hydrogens is 406 g/mol. The lowest BCUT2D eigenvalue weighted by Gasteiger charge is -2.37. The maximum atomic E-state index is 13.4. The molecule has 1 aliphatic carbocycles. The van der Waals surface area contributed by atoms with Crippen LogP contribution in [0.5, 0.6) is 0 Å². The van der Waals surface area contributed by atoms with Crippen LogP contribution in [0.15, 0.2) is 30.3 Å². The normalized spacial score (nSPS) is 23.0. The van der Waals surface area contributed by atoms with Crippen molar-refractivity contribution in [2.75, 3.05) is 30.6 Å². The monoisotopic (exact) mass is 430 g/mol. The number of rotatable bonds is 2. The van der Waals surface area contributed by atoms with Crippen molar-refractivity contribution in [3.05, 3.63) is 51.4 Å². The van der Waals surface area contributed by atoms with E-state index < -0.39 is 6.04 Å². The van der Waals surface area contributed by atoms with E-state index in [2.05, 4.69) is 39.1 Å². The molecule has 2 aliphatic heterocycles. The highest BCUT2D eigenvalue weighted by Crippen LogP contribution is 2.50. The highest BCUT2D eigenvalue weighted by atomic mass is 35.5. The van der Waals surface area contributed by atoms with E-state index in [9.17, 15) is 4.79 Å². The van der Waals surface area contributed by atoms with Crippen molar-refractivity contribution in [1.29, 1.82) is 0 Å². The molecule has 3 atom stereocenters. The Morgan fingerprint density at radius 3 is 2.79 bits per heavy atom. The summed E-state index contributed by atoms with van der Waals surface area (Å²) < 4.78 is 0. The number of nitrogens with zero attached hydrogens (tertiary/aromatic N) is 3. The molecule has 1 aromatic heterocycles. The van der Waals surface area contributed by atoms with Crippen LogP contribution in [0.3, 0.4) is 0 Å². The molecule has 2 N–H and O–H groups in total. The van der Waals surface area contributed by atoms with Gasteiger partial charge in [0.05, 0.1) is 29.5 Å². The van der Waals surface area contributed by atoms with Gasteiger partial charge in [0, 0.05) is 30.1 Å². The molecule has 1 aromatic carbocycles. The SMILES string of the molecule is CN(C)C(=O)C1C2NNCN2c2c(c3c([s+]2C)C=CC3)CN1c1ccccc1Cl. The topological polar surface area (TPSA) is 50.9 Å². The van der Waals surface area contributed by atoms with E-state index in [-0.39, 0.29) is 22.5 Å². The van der Waals surface area contributed by atoms with Crippen molar-refractivity contribution in [2.24, 2.45) is 6.26 Å². The van der Waals surface area contributed by atoms with Gasteiger partial charge in [0.2, 0.25) is 5.91 Å². The van der Waals surface area contributed by atoms with Gasteiger partial charge in [0.1, 0.15) is 18.5 Å². The summed E-state index contributed by atoms with van der Waals surface area (Å²) in [5, 5.41) is 2.02. The van der Waals surface area contributed by atoms with E-state index in [1.54, 1.807) is 4.90 Å². The summed E-state index contributed by atoms with van der Waals surface area (Å²) in [6.07, 6.45) is 7.63. The van der Waals surface area contributed by atoms with Crippen LogP contribution < -0.4 is 20.7 Å². The van der Waals surface area contributed by atoms with E-state index in [1.807, 2.05) is 38.4 Å². The summed E-state index contributed by atoms with van der Waals surface area (Å²) in [5.74, 6) is 0.0621. The van der Waals surface area contributed by atoms with Crippen LogP contribution in [0.2, 0.25) is 5.02 Å². The minimum Gasteiger partial charge on any atom is -0.351 e. The zero-order valence-electron chi connectivity index (χ0n) is 16.8. The lowest BCUT2D eigenvalue weighted by atomic mass is 10.1. The molecule has 0 spiro atoms. The number of anilines is 2. The van der Waals surface area contributed by atoms with Crippen molar-refractivity contribution in [1.82, 2.24) is 15.8 Å². The smallest absolute Gasteiger partial charge is 0.251 e. The summed E-state index contributed by atoms with van der Waals surface area (Å²) in [6, 6.07) is 7.42. The Hall–Kier alpha value is -2.06. The van der Waals surface area contributed by atoms with Crippen LogP contribution in [-0.4, -0.2) is 43.8 Å². The highest BCUT2D eigenvalue weighted by Gasteiger charge is 2.49. The molecule has 1 amide bonds. The third kappa shape index (κ3) is 2.79. The Morgan fingerprint density at radius 1 is 1.24 bits per heavy atom. The van der Waals surface area contributed by atoms with Gasteiger partial charge >= 0.3 is 0 Å². The molecule has 0 bridgehead atoms. The largest absolute Gasteiger partial charge is 0.351 e. The number of fused-ring (bicyclic) bond motifs is 5. The number of allylic oxidation sites excluding steroid dienone is 1. The van der Waals surface area contributed by atoms with Gasteiger partial charge in [-0.15, -0.1) is 0 Å². The van der Waals surface area contributed by atoms with Gasteiger partial charge in [-0.3, -0.25) is 9.69 Å². The van der Waals surface area contributed by atoms with E-state index in [4.69, 9.17) is 11.6 Å². The van der Waals surface area contributed by atoms with Crippen LogP contribution in [0, 0.1) is 0 Å². The Kier molecular flexibility index (Phi) is 4.58. The van der Waals surface area contributed by atoms with Gasteiger partial charge in [-0.25, -0.2) is 10.9 Å². The molecule has 0 saturated carbocycles. The number of thiophene rings is 1. The first-order chi connectivity index (χ1) is 14.0. The summed E-state index contributed by atoms with van der Waals surface area (Å²) in [4.78, 5) is 21.1. The van der Waals surface area contributed by atoms with Crippen LogP contribution >= 0.6 is 22.1 Å². The van der Waals surface area contributed by atoms with Gasteiger partial charge < -0.3 is 9.80 Å². The summed E-state index contributed by atoms with van der Waals surface area (Å²) in [5.41, 5.74) is 10.3. The second-order valence-corrected chi connectivity index (χ2v) is 10.1. The lowest BCUT2D eigenvalue weighted by Crippen LogP contribution is -2.59. The molecule has 152 valence electrons. The van der Waals surface area contributed by atoms with Crippen LogP contribution in [0.1, 0.15) is 16.0 Å². The molecular formula is C21H25ClN5OS+. The number of carbonyl (C=O) groups is 1. The molecule has 3 unspecified atom stereocenters. The number of likely N-dealkylation sites (N-methyl/N-ethyl adjacent to an activating group) is 1. The molecule has 5 rings (SSSR count).